The summed E-state index contributed by atoms with van der Waals surface area (Å²) in [4.78, 5) is 24.9. The smallest absolute Gasteiger partial charge is 0.330 e. The van der Waals surface area contributed by atoms with Gasteiger partial charge in [-0.15, -0.1) is 11.3 Å². The first-order chi connectivity index (χ1) is 11.1. The van der Waals surface area contributed by atoms with Crippen LogP contribution in [0.5, 0.6) is 5.75 Å². The molecule has 2 heterocycles. The molecule has 2 atom stereocenters. The normalized spacial score (nSPS) is 15.3. The van der Waals surface area contributed by atoms with E-state index in [4.69, 9.17) is 4.74 Å². The first-order valence-electron chi connectivity index (χ1n) is 7.38. The summed E-state index contributed by atoms with van der Waals surface area (Å²) in [6, 6.07) is 7.95. The third-order valence-electron chi connectivity index (χ3n) is 3.94. The van der Waals surface area contributed by atoms with Gasteiger partial charge in [-0.05, 0) is 41.6 Å². The number of ether oxygens (including phenoxy) is 1. The SMILES string of the molecule is CC(C(=O)NC(C(=O)O)c1ccc2c(c1)CCO2)c1cccs1. The topological polar surface area (TPSA) is 75.6 Å². The monoisotopic (exact) mass is 331 g/mol. The number of carboxylic acids is 1. The van der Waals surface area contributed by atoms with E-state index in [0.29, 0.717) is 12.2 Å². The summed E-state index contributed by atoms with van der Waals surface area (Å²) in [5.41, 5.74) is 1.54. The molecule has 0 bridgehead atoms. The maximum absolute atomic E-state index is 12.4. The van der Waals surface area contributed by atoms with E-state index in [9.17, 15) is 14.7 Å². The molecule has 1 aromatic carbocycles. The predicted octanol–water partition coefficient (Wildman–Crippen LogP) is 2.73. The number of hydrogen-bond donors (Lipinski definition) is 2. The predicted molar refractivity (Wildman–Crippen MR) is 86.9 cm³/mol. The molecule has 2 aromatic rings. The van der Waals surface area contributed by atoms with Gasteiger partial charge in [0, 0.05) is 11.3 Å². The molecule has 120 valence electrons. The third-order valence-corrected chi connectivity index (χ3v) is 5.00. The van der Waals surface area contributed by atoms with Gasteiger partial charge in [-0.3, -0.25) is 4.79 Å². The quantitative estimate of drug-likeness (QED) is 0.883. The van der Waals surface area contributed by atoms with Crippen LogP contribution < -0.4 is 10.1 Å². The van der Waals surface area contributed by atoms with Gasteiger partial charge in [-0.1, -0.05) is 12.1 Å². The molecule has 2 unspecified atom stereocenters. The summed E-state index contributed by atoms with van der Waals surface area (Å²) < 4.78 is 5.43. The number of fused-ring (bicyclic) bond motifs is 1. The molecular formula is C17H17NO4S. The van der Waals surface area contributed by atoms with E-state index in [1.54, 1.807) is 25.1 Å². The van der Waals surface area contributed by atoms with Crippen LogP contribution in [0.3, 0.4) is 0 Å². The second kappa shape index (κ2) is 6.42. The first kappa shape index (κ1) is 15.6. The van der Waals surface area contributed by atoms with Crippen LogP contribution in [0, 0.1) is 0 Å². The van der Waals surface area contributed by atoms with Crippen molar-refractivity contribution in [1.82, 2.24) is 5.32 Å². The molecule has 5 nitrogen and oxygen atoms in total. The molecule has 1 aliphatic heterocycles. The van der Waals surface area contributed by atoms with Gasteiger partial charge in [-0.25, -0.2) is 4.79 Å². The molecular weight excluding hydrogens is 314 g/mol. The van der Waals surface area contributed by atoms with E-state index in [1.807, 2.05) is 17.5 Å². The van der Waals surface area contributed by atoms with E-state index in [0.717, 1.165) is 22.6 Å². The van der Waals surface area contributed by atoms with Gasteiger partial charge < -0.3 is 15.2 Å². The van der Waals surface area contributed by atoms with Crippen LogP contribution in [-0.2, 0) is 16.0 Å². The van der Waals surface area contributed by atoms with Gasteiger partial charge >= 0.3 is 5.97 Å². The number of carbonyl (C=O) groups excluding carboxylic acids is 1. The van der Waals surface area contributed by atoms with Crippen LogP contribution in [0.2, 0.25) is 0 Å². The van der Waals surface area contributed by atoms with Gasteiger partial charge in [0.15, 0.2) is 6.04 Å². The lowest BCUT2D eigenvalue weighted by atomic mass is 10.0. The molecule has 0 saturated carbocycles. The molecule has 1 amide bonds. The second-order valence-electron chi connectivity index (χ2n) is 5.48. The summed E-state index contributed by atoms with van der Waals surface area (Å²) in [6.45, 7) is 2.38. The van der Waals surface area contributed by atoms with Crippen LogP contribution >= 0.6 is 11.3 Å². The Morgan fingerprint density at radius 2 is 2.17 bits per heavy atom. The molecule has 1 aliphatic rings. The van der Waals surface area contributed by atoms with Gasteiger partial charge in [0.2, 0.25) is 5.91 Å². The average molecular weight is 331 g/mol. The number of rotatable bonds is 5. The first-order valence-corrected chi connectivity index (χ1v) is 8.26. The van der Waals surface area contributed by atoms with E-state index < -0.39 is 12.0 Å². The zero-order chi connectivity index (χ0) is 16.4. The van der Waals surface area contributed by atoms with Crippen LogP contribution in [0.15, 0.2) is 35.7 Å². The zero-order valence-corrected chi connectivity index (χ0v) is 13.4. The average Bonchev–Trinajstić information content (AvgIpc) is 3.21. The fourth-order valence-corrected chi connectivity index (χ4v) is 3.39. The second-order valence-corrected chi connectivity index (χ2v) is 6.46. The van der Waals surface area contributed by atoms with Crippen molar-refractivity contribution in [3.63, 3.8) is 0 Å². The number of carbonyl (C=O) groups is 2. The standard InChI is InChI=1S/C17H17NO4S/c1-10(14-3-2-8-23-14)16(19)18-15(17(20)21)12-4-5-13-11(9-12)6-7-22-13/h2-5,8-10,15H,6-7H2,1H3,(H,18,19)(H,20,21). The minimum Gasteiger partial charge on any atom is -0.493 e. The van der Waals surface area contributed by atoms with Crippen molar-refractivity contribution in [3.8, 4) is 5.75 Å². The molecule has 1 aromatic heterocycles. The number of hydrogen-bond acceptors (Lipinski definition) is 4. The van der Waals surface area contributed by atoms with Crippen molar-refractivity contribution in [2.75, 3.05) is 6.61 Å². The van der Waals surface area contributed by atoms with E-state index in [-0.39, 0.29) is 11.8 Å². The number of amides is 1. The number of nitrogens with one attached hydrogen (secondary N) is 1. The highest BCUT2D eigenvalue weighted by molar-refractivity contribution is 7.10. The Kier molecular flexibility index (Phi) is 4.34. The number of aliphatic carboxylic acids is 1. The molecule has 23 heavy (non-hydrogen) atoms. The van der Waals surface area contributed by atoms with Crippen LogP contribution in [0.25, 0.3) is 0 Å². The van der Waals surface area contributed by atoms with E-state index in [2.05, 4.69) is 5.32 Å². The van der Waals surface area contributed by atoms with Gasteiger partial charge in [0.05, 0.1) is 12.5 Å². The zero-order valence-electron chi connectivity index (χ0n) is 12.6. The summed E-state index contributed by atoms with van der Waals surface area (Å²) in [7, 11) is 0. The summed E-state index contributed by atoms with van der Waals surface area (Å²) in [5, 5.41) is 14.0. The van der Waals surface area contributed by atoms with Gasteiger partial charge in [-0.2, -0.15) is 0 Å². The fourth-order valence-electron chi connectivity index (χ4n) is 2.61. The largest absolute Gasteiger partial charge is 0.493 e. The molecule has 0 radical (unpaired) electrons. The van der Waals surface area contributed by atoms with Gasteiger partial charge in [0.1, 0.15) is 5.75 Å². The molecule has 0 spiro atoms. The number of carboxylic acid groups (broad SMARTS) is 1. The Morgan fingerprint density at radius 1 is 1.35 bits per heavy atom. The highest BCUT2D eigenvalue weighted by Crippen LogP contribution is 2.29. The molecule has 3 rings (SSSR count). The number of benzene rings is 1. The fraction of sp³-hybridized carbons (Fsp3) is 0.294. The van der Waals surface area contributed by atoms with Crippen molar-refractivity contribution < 1.29 is 19.4 Å². The minimum atomic E-state index is -1.07. The minimum absolute atomic E-state index is 0.295. The maximum Gasteiger partial charge on any atom is 0.330 e. The molecule has 2 N–H and O–H groups in total. The van der Waals surface area contributed by atoms with Crippen LogP contribution in [0.1, 0.15) is 34.9 Å². The Labute approximate surface area is 137 Å². The van der Waals surface area contributed by atoms with Crippen molar-refractivity contribution >= 4 is 23.2 Å². The Morgan fingerprint density at radius 3 is 2.87 bits per heavy atom. The van der Waals surface area contributed by atoms with Crippen molar-refractivity contribution in [1.29, 1.82) is 0 Å². The highest BCUT2D eigenvalue weighted by atomic mass is 32.1. The molecule has 0 aliphatic carbocycles. The molecule has 0 saturated heterocycles. The molecule has 6 heteroatoms. The van der Waals surface area contributed by atoms with Crippen molar-refractivity contribution in [3.05, 3.63) is 51.7 Å². The van der Waals surface area contributed by atoms with Crippen LogP contribution in [0.4, 0.5) is 0 Å². The summed E-state index contributed by atoms with van der Waals surface area (Å²) in [5.74, 6) is -0.960. The Hall–Kier alpha value is -2.34. The summed E-state index contributed by atoms with van der Waals surface area (Å²) >= 11 is 1.48. The number of thiophene rings is 1. The van der Waals surface area contributed by atoms with Crippen LogP contribution in [-0.4, -0.2) is 23.6 Å². The summed E-state index contributed by atoms with van der Waals surface area (Å²) in [6.07, 6.45) is 0.759. The lowest BCUT2D eigenvalue weighted by Gasteiger charge is -2.18. The van der Waals surface area contributed by atoms with E-state index in [1.165, 1.54) is 11.3 Å². The Balaban J connectivity index is 1.79. The highest BCUT2D eigenvalue weighted by Gasteiger charge is 2.27. The maximum atomic E-state index is 12.4. The van der Waals surface area contributed by atoms with Crippen molar-refractivity contribution in [2.24, 2.45) is 0 Å². The van der Waals surface area contributed by atoms with Crippen molar-refractivity contribution in [2.45, 2.75) is 25.3 Å². The Bertz CT molecular complexity index is 726. The lowest BCUT2D eigenvalue weighted by molar-refractivity contribution is -0.142. The van der Waals surface area contributed by atoms with Gasteiger partial charge in [0.25, 0.3) is 0 Å². The molecule has 0 fully saturated rings. The third kappa shape index (κ3) is 3.22. The van der Waals surface area contributed by atoms with E-state index >= 15 is 0 Å². The lowest BCUT2D eigenvalue weighted by Crippen LogP contribution is -2.36.